The van der Waals surface area contributed by atoms with Gasteiger partial charge in [-0.05, 0) is 37.4 Å². The Labute approximate surface area is 143 Å². The van der Waals surface area contributed by atoms with Gasteiger partial charge in [0.05, 0.1) is 28.8 Å². The zero-order valence-electron chi connectivity index (χ0n) is 13.3. The quantitative estimate of drug-likeness (QED) is 0.691. The van der Waals surface area contributed by atoms with Crippen LogP contribution in [0.25, 0.3) is 10.2 Å². The number of rotatable bonds is 5. The molecule has 1 atom stereocenters. The van der Waals surface area contributed by atoms with Crippen molar-refractivity contribution in [1.29, 1.82) is 0 Å². The van der Waals surface area contributed by atoms with Crippen LogP contribution in [0.4, 0.5) is 5.82 Å². The summed E-state index contributed by atoms with van der Waals surface area (Å²) in [5, 5.41) is 3.60. The molecule has 0 fully saturated rings. The largest absolute Gasteiger partial charge is 0.363 e. The van der Waals surface area contributed by atoms with Crippen LogP contribution < -0.4 is 11.1 Å². The minimum absolute atomic E-state index is 0.107. The molecule has 0 radical (unpaired) electrons. The van der Waals surface area contributed by atoms with Crippen molar-refractivity contribution in [3.63, 3.8) is 0 Å². The van der Waals surface area contributed by atoms with Crippen LogP contribution in [0.1, 0.15) is 23.1 Å². The van der Waals surface area contributed by atoms with Crippen LogP contribution in [0.5, 0.6) is 0 Å². The third-order valence-corrected chi connectivity index (χ3v) is 5.18. The van der Waals surface area contributed by atoms with Gasteiger partial charge in [0, 0.05) is 24.2 Å². The molecule has 0 spiro atoms. The van der Waals surface area contributed by atoms with Crippen molar-refractivity contribution in [2.24, 2.45) is 12.8 Å². The van der Waals surface area contributed by atoms with Crippen LogP contribution in [-0.4, -0.2) is 25.6 Å². The molecule has 0 aromatic carbocycles. The molecule has 3 N–H and O–H groups in total. The van der Waals surface area contributed by atoms with E-state index in [9.17, 15) is 0 Å². The minimum Gasteiger partial charge on any atom is -0.363 e. The van der Waals surface area contributed by atoms with E-state index < -0.39 is 0 Å². The van der Waals surface area contributed by atoms with Gasteiger partial charge in [-0.15, -0.1) is 11.3 Å². The van der Waals surface area contributed by atoms with Gasteiger partial charge >= 0.3 is 0 Å². The van der Waals surface area contributed by atoms with Crippen molar-refractivity contribution in [3.05, 3.63) is 33.9 Å². The Morgan fingerprint density at radius 3 is 2.87 bits per heavy atom. The maximum absolute atomic E-state index is 6.10. The molecule has 8 heteroatoms. The highest BCUT2D eigenvalue weighted by Gasteiger charge is 2.16. The van der Waals surface area contributed by atoms with Gasteiger partial charge in [0.25, 0.3) is 0 Å². The van der Waals surface area contributed by atoms with Gasteiger partial charge in [0.1, 0.15) is 5.82 Å². The lowest BCUT2D eigenvalue weighted by Gasteiger charge is -2.07. The van der Waals surface area contributed by atoms with Gasteiger partial charge in [0.15, 0.2) is 0 Å². The topological polar surface area (TPSA) is 81.6 Å². The Morgan fingerprint density at radius 1 is 1.43 bits per heavy atom. The summed E-state index contributed by atoms with van der Waals surface area (Å²) in [6.45, 7) is 4.69. The third kappa shape index (κ3) is 3.31. The number of nitrogens with one attached hydrogen (secondary N) is 1. The molecule has 0 bridgehead atoms. The van der Waals surface area contributed by atoms with E-state index in [1.165, 1.54) is 4.88 Å². The van der Waals surface area contributed by atoms with Crippen molar-refractivity contribution in [2.75, 3.05) is 5.32 Å². The van der Waals surface area contributed by atoms with Crippen molar-refractivity contribution >= 4 is 39.0 Å². The lowest BCUT2D eigenvalue weighted by Crippen LogP contribution is -2.17. The molecule has 0 unspecified atom stereocenters. The molecule has 6 nitrogen and oxygen atoms in total. The van der Waals surface area contributed by atoms with E-state index in [1.54, 1.807) is 17.7 Å². The van der Waals surface area contributed by atoms with Crippen LogP contribution >= 0.6 is 22.9 Å². The standard InChI is InChI=1S/C15H19ClN6S/c1-8(17)4-11-9(2)12-13(23-11)14(21-15(16)20-12)19-6-10-5-18-7-22(10)3/h5,7-8H,4,6,17H2,1-3H3,(H,19,20,21)/t8-/m0/s1. The van der Waals surface area contributed by atoms with E-state index in [2.05, 4.69) is 27.2 Å². The van der Waals surface area contributed by atoms with E-state index >= 15 is 0 Å². The van der Waals surface area contributed by atoms with Gasteiger partial charge < -0.3 is 15.6 Å². The maximum Gasteiger partial charge on any atom is 0.224 e. The summed E-state index contributed by atoms with van der Waals surface area (Å²) in [5.41, 5.74) is 9.04. The predicted octanol–water partition coefficient (Wildman–Crippen LogP) is 2.89. The molecule has 122 valence electrons. The summed E-state index contributed by atoms with van der Waals surface area (Å²) in [6, 6.07) is 0.107. The van der Waals surface area contributed by atoms with Gasteiger partial charge in [-0.1, -0.05) is 0 Å². The third-order valence-electron chi connectivity index (χ3n) is 3.70. The van der Waals surface area contributed by atoms with E-state index in [-0.39, 0.29) is 11.3 Å². The molecule has 3 rings (SSSR count). The lowest BCUT2D eigenvalue weighted by molar-refractivity contribution is 0.744. The number of halogens is 1. The Balaban J connectivity index is 1.97. The molecule has 0 saturated heterocycles. The normalized spacial score (nSPS) is 12.7. The number of hydrogen-bond donors (Lipinski definition) is 2. The van der Waals surface area contributed by atoms with E-state index in [4.69, 9.17) is 17.3 Å². The second kappa shape index (κ2) is 6.43. The molecule has 0 aliphatic carbocycles. The smallest absolute Gasteiger partial charge is 0.224 e. The number of nitrogens with two attached hydrogens (primary N) is 1. The molecule has 0 saturated carbocycles. The molecule has 3 heterocycles. The van der Waals surface area contributed by atoms with E-state index in [0.717, 1.165) is 33.7 Å². The second-order valence-electron chi connectivity index (χ2n) is 5.70. The number of imidazole rings is 1. The zero-order chi connectivity index (χ0) is 16.6. The van der Waals surface area contributed by atoms with E-state index in [0.29, 0.717) is 6.54 Å². The van der Waals surface area contributed by atoms with Crippen molar-refractivity contribution in [1.82, 2.24) is 19.5 Å². The number of fused-ring (bicyclic) bond motifs is 1. The number of anilines is 1. The summed E-state index contributed by atoms with van der Waals surface area (Å²) in [7, 11) is 1.96. The summed E-state index contributed by atoms with van der Waals surface area (Å²) in [6.07, 6.45) is 4.43. The molecular formula is C15H19ClN6S. The fourth-order valence-corrected chi connectivity index (χ4v) is 3.96. The summed E-state index contributed by atoms with van der Waals surface area (Å²) >= 11 is 7.78. The summed E-state index contributed by atoms with van der Waals surface area (Å²) in [4.78, 5) is 14.1. The lowest BCUT2D eigenvalue weighted by atomic mass is 10.1. The SMILES string of the molecule is Cc1c(C[C@H](C)N)sc2c(NCc3cncn3C)nc(Cl)nc12. The minimum atomic E-state index is 0.107. The Hall–Kier alpha value is -1.70. The molecular weight excluding hydrogens is 332 g/mol. The maximum atomic E-state index is 6.10. The summed E-state index contributed by atoms with van der Waals surface area (Å²) in [5.74, 6) is 0.755. The van der Waals surface area contributed by atoms with Crippen molar-refractivity contribution in [3.8, 4) is 0 Å². The fourth-order valence-electron chi connectivity index (χ4n) is 2.44. The molecule has 0 amide bonds. The first-order valence-corrected chi connectivity index (χ1v) is 8.55. The molecule has 0 aliphatic heterocycles. The fraction of sp³-hybridized carbons (Fsp3) is 0.400. The zero-order valence-corrected chi connectivity index (χ0v) is 14.9. The summed E-state index contributed by atoms with van der Waals surface area (Å²) < 4.78 is 2.98. The highest BCUT2D eigenvalue weighted by molar-refractivity contribution is 7.19. The number of nitrogens with zero attached hydrogens (tertiary/aromatic N) is 4. The number of aromatic nitrogens is 4. The average Bonchev–Trinajstić information content (AvgIpc) is 3.02. The average molecular weight is 351 g/mol. The molecule has 23 heavy (non-hydrogen) atoms. The van der Waals surface area contributed by atoms with Crippen LogP contribution in [0.15, 0.2) is 12.5 Å². The molecule has 3 aromatic rings. The van der Waals surface area contributed by atoms with Crippen LogP contribution in [0, 0.1) is 6.92 Å². The Kier molecular flexibility index (Phi) is 4.52. The monoisotopic (exact) mass is 350 g/mol. The number of aryl methyl sites for hydroxylation is 2. The molecule has 0 aliphatic rings. The van der Waals surface area contributed by atoms with Crippen LogP contribution in [0.3, 0.4) is 0 Å². The molecule has 3 aromatic heterocycles. The van der Waals surface area contributed by atoms with Gasteiger partial charge in [0.2, 0.25) is 5.28 Å². The first kappa shape index (κ1) is 16.2. The van der Waals surface area contributed by atoms with Crippen molar-refractivity contribution in [2.45, 2.75) is 32.9 Å². The van der Waals surface area contributed by atoms with Gasteiger partial charge in [-0.2, -0.15) is 4.98 Å². The van der Waals surface area contributed by atoms with Gasteiger partial charge in [-0.25, -0.2) is 9.97 Å². The Bertz CT molecular complexity index is 838. The van der Waals surface area contributed by atoms with Gasteiger partial charge in [-0.3, -0.25) is 0 Å². The Morgan fingerprint density at radius 2 is 2.22 bits per heavy atom. The number of thiophene rings is 1. The number of hydrogen-bond acceptors (Lipinski definition) is 6. The first-order chi connectivity index (χ1) is 11.0. The van der Waals surface area contributed by atoms with Crippen molar-refractivity contribution < 1.29 is 0 Å². The predicted molar refractivity (Wildman–Crippen MR) is 95.1 cm³/mol. The van der Waals surface area contributed by atoms with Crippen LogP contribution in [0.2, 0.25) is 5.28 Å². The van der Waals surface area contributed by atoms with Crippen LogP contribution in [-0.2, 0) is 20.0 Å². The highest BCUT2D eigenvalue weighted by Crippen LogP contribution is 2.35. The highest BCUT2D eigenvalue weighted by atomic mass is 35.5. The second-order valence-corrected chi connectivity index (χ2v) is 7.14. The first-order valence-electron chi connectivity index (χ1n) is 7.36. The van der Waals surface area contributed by atoms with E-state index in [1.807, 2.05) is 24.7 Å².